The number of rotatable bonds is 4. The summed E-state index contributed by atoms with van der Waals surface area (Å²) in [5.74, 6) is -2.28. The molecule has 0 bridgehead atoms. The van der Waals surface area contributed by atoms with Crippen molar-refractivity contribution < 1.29 is 30.4 Å². The zero-order chi connectivity index (χ0) is 25.5. The van der Waals surface area contributed by atoms with Gasteiger partial charge in [0.1, 0.15) is 16.5 Å². The highest BCUT2D eigenvalue weighted by Gasteiger charge is 2.30. The number of nitrogens with zero attached hydrogens (tertiary/aromatic N) is 1. The van der Waals surface area contributed by atoms with Crippen LogP contribution in [-0.4, -0.2) is 13.4 Å². The molecule has 0 amide bonds. The standard InChI is InChI=1S/C25H17F5N2O2S/c1-14-9-18(15-5-7-19(8-6-15)25(28,29)30)11-23(32-14)17-4-2-3-16(10-17)20-12-24(35(31,33)34)22(27)13-21(20)26/h2-13H,1H3,(H2,31,33,34). The number of aromatic nitrogens is 1. The minimum absolute atomic E-state index is 0.173. The van der Waals surface area contributed by atoms with Crippen molar-refractivity contribution in [3.8, 4) is 33.5 Å². The van der Waals surface area contributed by atoms with E-state index in [0.29, 0.717) is 34.1 Å². The van der Waals surface area contributed by atoms with Crippen molar-refractivity contribution in [2.75, 3.05) is 0 Å². The maximum absolute atomic E-state index is 14.5. The van der Waals surface area contributed by atoms with Crippen molar-refractivity contribution in [3.05, 3.63) is 95.7 Å². The van der Waals surface area contributed by atoms with Gasteiger partial charge in [-0.25, -0.2) is 22.3 Å². The predicted molar refractivity (Wildman–Crippen MR) is 122 cm³/mol. The van der Waals surface area contributed by atoms with Crippen LogP contribution in [-0.2, 0) is 16.2 Å². The van der Waals surface area contributed by atoms with E-state index in [1.165, 1.54) is 18.2 Å². The van der Waals surface area contributed by atoms with Gasteiger partial charge in [-0.1, -0.05) is 30.3 Å². The zero-order valence-corrected chi connectivity index (χ0v) is 18.9. The molecule has 0 aliphatic heterocycles. The third-order valence-corrected chi connectivity index (χ3v) is 6.22. The van der Waals surface area contributed by atoms with Gasteiger partial charge in [0, 0.05) is 22.9 Å². The first-order chi connectivity index (χ1) is 16.3. The highest BCUT2D eigenvalue weighted by Crippen LogP contribution is 2.34. The molecule has 1 aromatic heterocycles. The van der Waals surface area contributed by atoms with Crippen LogP contribution in [0.2, 0.25) is 0 Å². The number of aryl methyl sites for hydroxylation is 1. The summed E-state index contributed by atoms with van der Waals surface area (Å²) in [6.45, 7) is 1.72. The Bertz CT molecular complexity index is 1530. The van der Waals surface area contributed by atoms with Gasteiger partial charge in [-0.3, -0.25) is 4.98 Å². The Morgan fingerprint density at radius 2 is 1.43 bits per heavy atom. The molecule has 0 radical (unpaired) electrons. The molecule has 0 atom stereocenters. The van der Waals surface area contributed by atoms with Gasteiger partial charge in [0.05, 0.1) is 11.3 Å². The Labute approximate surface area is 197 Å². The summed E-state index contributed by atoms with van der Waals surface area (Å²) in [5.41, 5.74) is 2.06. The third-order valence-electron chi connectivity index (χ3n) is 5.30. The number of hydrogen-bond donors (Lipinski definition) is 1. The van der Waals surface area contributed by atoms with E-state index >= 15 is 0 Å². The van der Waals surface area contributed by atoms with Crippen molar-refractivity contribution in [1.82, 2.24) is 4.98 Å². The number of pyridine rings is 1. The summed E-state index contributed by atoms with van der Waals surface area (Å²) in [6.07, 6.45) is -4.45. The van der Waals surface area contributed by atoms with Crippen molar-refractivity contribution in [1.29, 1.82) is 0 Å². The van der Waals surface area contributed by atoms with Crippen LogP contribution < -0.4 is 5.14 Å². The summed E-state index contributed by atoms with van der Waals surface area (Å²) < 4.78 is 90.5. The van der Waals surface area contributed by atoms with Gasteiger partial charge in [-0.2, -0.15) is 13.2 Å². The van der Waals surface area contributed by atoms with E-state index in [1.807, 2.05) is 0 Å². The number of benzene rings is 3. The number of alkyl halides is 3. The molecule has 3 aromatic carbocycles. The molecule has 4 nitrogen and oxygen atoms in total. The Kier molecular flexibility index (Phi) is 6.20. The van der Waals surface area contributed by atoms with Gasteiger partial charge < -0.3 is 0 Å². The van der Waals surface area contributed by atoms with E-state index in [1.54, 1.807) is 37.3 Å². The minimum Gasteiger partial charge on any atom is -0.253 e. The lowest BCUT2D eigenvalue weighted by Gasteiger charge is -2.12. The normalized spacial score (nSPS) is 12.1. The molecular weight excluding hydrogens is 487 g/mol. The van der Waals surface area contributed by atoms with Crippen LogP contribution in [0.5, 0.6) is 0 Å². The van der Waals surface area contributed by atoms with E-state index in [-0.39, 0.29) is 11.1 Å². The molecule has 0 aliphatic carbocycles. The molecule has 0 aliphatic rings. The van der Waals surface area contributed by atoms with Crippen molar-refractivity contribution in [2.24, 2.45) is 5.14 Å². The van der Waals surface area contributed by atoms with Crippen LogP contribution in [0.4, 0.5) is 22.0 Å². The Balaban J connectivity index is 1.78. The van der Waals surface area contributed by atoms with Gasteiger partial charge in [0.15, 0.2) is 0 Å². The molecule has 4 rings (SSSR count). The number of halogens is 5. The molecule has 35 heavy (non-hydrogen) atoms. The van der Waals surface area contributed by atoms with E-state index in [9.17, 15) is 30.4 Å². The van der Waals surface area contributed by atoms with E-state index < -0.39 is 38.3 Å². The lowest BCUT2D eigenvalue weighted by Crippen LogP contribution is -2.14. The van der Waals surface area contributed by atoms with Crippen molar-refractivity contribution in [2.45, 2.75) is 18.0 Å². The fourth-order valence-electron chi connectivity index (χ4n) is 3.65. The number of primary sulfonamides is 1. The van der Waals surface area contributed by atoms with Crippen LogP contribution in [0.15, 0.2) is 77.7 Å². The first kappa shape index (κ1) is 24.5. The van der Waals surface area contributed by atoms with Crippen LogP contribution in [0.25, 0.3) is 33.5 Å². The predicted octanol–water partition coefficient (Wildman–Crippen LogP) is 6.34. The van der Waals surface area contributed by atoms with Crippen molar-refractivity contribution >= 4 is 10.0 Å². The summed E-state index contributed by atoms with van der Waals surface area (Å²) in [7, 11) is -4.42. The minimum atomic E-state index is -4.45. The molecule has 180 valence electrons. The number of nitrogens with two attached hydrogens (primary N) is 1. The third kappa shape index (κ3) is 5.23. The molecule has 0 saturated carbocycles. The number of hydrogen-bond acceptors (Lipinski definition) is 3. The maximum atomic E-state index is 14.5. The molecule has 2 N–H and O–H groups in total. The van der Waals surface area contributed by atoms with E-state index in [2.05, 4.69) is 4.98 Å². The lowest BCUT2D eigenvalue weighted by molar-refractivity contribution is -0.137. The summed E-state index contributed by atoms with van der Waals surface area (Å²) >= 11 is 0. The molecule has 0 unspecified atom stereocenters. The van der Waals surface area contributed by atoms with Gasteiger partial charge in [-0.15, -0.1) is 0 Å². The molecular formula is C25H17F5N2O2S. The second kappa shape index (κ2) is 8.86. The van der Waals surface area contributed by atoms with Gasteiger partial charge in [-0.05, 0) is 60.0 Å². The first-order valence-corrected chi connectivity index (χ1v) is 11.7. The van der Waals surface area contributed by atoms with Gasteiger partial charge in [0.25, 0.3) is 0 Å². The van der Waals surface area contributed by atoms with E-state index in [4.69, 9.17) is 5.14 Å². The van der Waals surface area contributed by atoms with Crippen LogP contribution in [0.1, 0.15) is 11.3 Å². The maximum Gasteiger partial charge on any atom is 0.416 e. The average molecular weight is 504 g/mol. The second-order valence-corrected chi connectivity index (χ2v) is 9.38. The smallest absolute Gasteiger partial charge is 0.253 e. The molecule has 4 aromatic rings. The first-order valence-electron chi connectivity index (χ1n) is 10.1. The van der Waals surface area contributed by atoms with Gasteiger partial charge >= 0.3 is 6.18 Å². The lowest BCUT2D eigenvalue weighted by atomic mass is 9.98. The Hall–Kier alpha value is -3.63. The molecule has 0 saturated heterocycles. The molecule has 0 spiro atoms. The highest BCUT2D eigenvalue weighted by atomic mass is 32.2. The molecule has 1 heterocycles. The van der Waals surface area contributed by atoms with Crippen LogP contribution in [0, 0.1) is 18.6 Å². The zero-order valence-electron chi connectivity index (χ0n) is 18.1. The quantitative estimate of drug-likeness (QED) is 0.330. The van der Waals surface area contributed by atoms with Crippen LogP contribution >= 0.6 is 0 Å². The molecule has 0 fully saturated rings. The SMILES string of the molecule is Cc1cc(-c2ccc(C(F)(F)F)cc2)cc(-c2cccc(-c3cc(S(N)(=O)=O)c(F)cc3F)c2)n1. The van der Waals surface area contributed by atoms with E-state index in [0.717, 1.165) is 18.2 Å². The monoisotopic (exact) mass is 504 g/mol. The summed E-state index contributed by atoms with van der Waals surface area (Å²) in [4.78, 5) is 3.63. The average Bonchev–Trinajstić information content (AvgIpc) is 2.77. The van der Waals surface area contributed by atoms with Crippen LogP contribution in [0.3, 0.4) is 0 Å². The summed E-state index contributed by atoms with van der Waals surface area (Å²) in [5, 5.41) is 5.03. The summed E-state index contributed by atoms with van der Waals surface area (Å²) in [6, 6.07) is 15.7. The van der Waals surface area contributed by atoms with Gasteiger partial charge in [0.2, 0.25) is 10.0 Å². The highest BCUT2D eigenvalue weighted by molar-refractivity contribution is 7.89. The Morgan fingerprint density at radius 3 is 2.06 bits per heavy atom. The topological polar surface area (TPSA) is 73.1 Å². The fraction of sp³-hybridized carbons (Fsp3) is 0.0800. The second-order valence-electron chi connectivity index (χ2n) is 7.85. The van der Waals surface area contributed by atoms with Crippen molar-refractivity contribution in [3.63, 3.8) is 0 Å². The Morgan fingerprint density at radius 1 is 0.771 bits per heavy atom. The molecule has 10 heteroatoms. The fourth-order valence-corrected chi connectivity index (χ4v) is 4.26. The number of sulfonamides is 1. The largest absolute Gasteiger partial charge is 0.416 e.